The highest BCUT2D eigenvalue weighted by molar-refractivity contribution is 6.34. The molecule has 0 aromatic heterocycles. The van der Waals surface area contributed by atoms with E-state index < -0.39 is 5.91 Å². The second-order valence-electron chi connectivity index (χ2n) is 5.52. The molecule has 23 heavy (non-hydrogen) atoms. The van der Waals surface area contributed by atoms with E-state index in [9.17, 15) is 9.59 Å². The van der Waals surface area contributed by atoms with Gasteiger partial charge in [0.15, 0.2) is 0 Å². The summed E-state index contributed by atoms with van der Waals surface area (Å²) < 4.78 is 0. The minimum Gasteiger partial charge on any atom is -0.366 e. The number of carbonyl (C=O) groups is 2. The first kappa shape index (κ1) is 15.8. The molecular weight excluding hydrogens is 335 g/mol. The molecule has 1 aliphatic rings. The van der Waals surface area contributed by atoms with Crippen LogP contribution in [0.2, 0.25) is 10.0 Å². The number of benzene rings is 2. The Labute approximate surface area is 143 Å². The zero-order chi connectivity index (χ0) is 16.6. The molecule has 0 spiro atoms. The molecular formula is C17H14Cl2N2O2. The van der Waals surface area contributed by atoms with Crippen LogP contribution in [0.4, 0.5) is 5.69 Å². The van der Waals surface area contributed by atoms with Gasteiger partial charge in [-0.3, -0.25) is 9.59 Å². The largest absolute Gasteiger partial charge is 0.366 e. The number of halogens is 2. The van der Waals surface area contributed by atoms with Crippen molar-refractivity contribution in [1.82, 2.24) is 0 Å². The minimum absolute atomic E-state index is 0.0854. The van der Waals surface area contributed by atoms with Crippen LogP contribution in [0, 0.1) is 5.92 Å². The molecule has 0 aliphatic heterocycles. The van der Waals surface area contributed by atoms with Gasteiger partial charge in [0.1, 0.15) is 0 Å². The van der Waals surface area contributed by atoms with E-state index in [0.717, 1.165) is 12.0 Å². The molecule has 1 aliphatic carbocycles. The zero-order valence-electron chi connectivity index (χ0n) is 12.1. The maximum atomic E-state index is 12.3. The van der Waals surface area contributed by atoms with Gasteiger partial charge in [0, 0.05) is 16.6 Å². The van der Waals surface area contributed by atoms with Gasteiger partial charge in [-0.15, -0.1) is 0 Å². The van der Waals surface area contributed by atoms with Crippen molar-refractivity contribution < 1.29 is 9.59 Å². The summed E-state index contributed by atoms with van der Waals surface area (Å²) in [6.07, 6.45) is 0.767. The first-order chi connectivity index (χ1) is 11.0. The Balaban J connectivity index is 1.68. The van der Waals surface area contributed by atoms with Crippen molar-refractivity contribution in [3.63, 3.8) is 0 Å². The van der Waals surface area contributed by atoms with E-state index in [-0.39, 0.29) is 28.3 Å². The Morgan fingerprint density at radius 2 is 1.83 bits per heavy atom. The van der Waals surface area contributed by atoms with E-state index in [1.54, 1.807) is 6.07 Å². The van der Waals surface area contributed by atoms with Crippen LogP contribution >= 0.6 is 23.2 Å². The van der Waals surface area contributed by atoms with Crippen molar-refractivity contribution in [2.24, 2.45) is 11.7 Å². The zero-order valence-corrected chi connectivity index (χ0v) is 13.6. The first-order valence-electron chi connectivity index (χ1n) is 7.12. The van der Waals surface area contributed by atoms with E-state index >= 15 is 0 Å². The monoisotopic (exact) mass is 348 g/mol. The van der Waals surface area contributed by atoms with Crippen LogP contribution in [-0.4, -0.2) is 11.8 Å². The molecule has 3 N–H and O–H groups in total. The molecule has 2 aromatic rings. The Kier molecular flexibility index (Phi) is 4.28. The number of rotatable bonds is 4. The van der Waals surface area contributed by atoms with Crippen LogP contribution in [-0.2, 0) is 4.79 Å². The van der Waals surface area contributed by atoms with E-state index in [2.05, 4.69) is 5.32 Å². The Bertz CT molecular complexity index is 792. The molecule has 4 nitrogen and oxygen atoms in total. The standard InChI is InChI=1S/C17H14Cl2N2O2/c18-14-4-2-1-3-10(14)12-8-13(12)17(23)21-9-5-6-11(16(20)22)15(19)7-9/h1-7,12-13H,8H2,(H2,20,22)(H,21,23)/t12-,13+/m0/s1. The third kappa shape index (κ3) is 3.33. The normalized spacial score (nSPS) is 19.2. The lowest BCUT2D eigenvalue weighted by atomic mass is 10.1. The van der Waals surface area contributed by atoms with Gasteiger partial charge in [-0.05, 0) is 42.2 Å². The van der Waals surface area contributed by atoms with Crippen LogP contribution < -0.4 is 11.1 Å². The fraction of sp³-hybridized carbons (Fsp3) is 0.176. The predicted molar refractivity (Wildman–Crippen MR) is 90.9 cm³/mol. The number of primary amides is 1. The van der Waals surface area contributed by atoms with Gasteiger partial charge >= 0.3 is 0 Å². The maximum Gasteiger partial charge on any atom is 0.250 e. The van der Waals surface area contributed by atoms with Crippen molar-refractivity contribution in [2.45, 2.75) is 12.3 Å². The first-order valence-corrected chi connectivity index (χ1v) is 7.87. The summed E-state index contributed by atoms with van der Waals surface area (Å²) in [5.41, 5.74) is 6.96. The average molecular weight is 349 g/mol. The van der Waals surface area contributed by atoms with E-state index in [4.69, 9.17) is 28.9 Å². The molecule has 6 heteroatoms. The van der Waals surface area contributed by atoms with Crippen molar-refractivity contribution >= 4 is 40.7 Å². The summed E-state index contributed by atoms with van der Waals surface area (Å²) in [4.78, 5) is 23.5. The van der Waals surface area contributed by atoms with Crippen molar-refractivity contribution in [2.75, 3.05) is 5.32 Å². The number of nitrogens with two attached hydrogens (primary N) is 1. The second-order valence-corrected chi connectivity index (χ2v) is 6.33. The summed E-state index contributed by atoms with van der Waals surface area (Å²) in [6.45, 7) is 0. The summed E-state index contributed by atoms with van der Waals surface area (Å²) in [5.74, 6) is -0.653. The quantitative estimate of drug-likeness (QED) is 0.880. The smallest absolute Gasteiger partial charge is 0.250 e. The van der Waals surface area contributed by atoms with Crippen molar-refractivity contribution in [3.8, 4) is 0 Å². The lowest BCUT2D eigenvalue weighted by Gasteiger charge is -2.08. The summed E-state index contributed by atoms with van der Waals surface area (Å²) in [6, 6.07) is 12.2. The number of nitrogens with one attached hydrogen (secondary N) is 1. The Morgan fingerprint density at radius 3 is 2.48 bits per heavy atom. The van der Waals surface area contributed by atoms with Gasteiger partial charge in [0.05, 0.1) is 10.6 Å². The van der Waals surface area contributed by atoms with Crippen LogP contribution in [0.3, 0.4) is 0 Å². The lowest BCUT2D eigenvalue weighted by molar-refractivity contribution is -0.117. The third-order valence-corrected chi connectivity index (χ3v) is 4.59. The van der Waals surface area contributed by atoms with Crippen LogP contribution in [0.1, 0.15) is 28.3 Å². The number of hydrogen-bond acceptors (Lipinski definition) is 2. The Morgan fingerprint density at radius 1 is 1.09 bits per heavy atom. The van der Waals surface area contributed by atoms with Gasteiger partial charge < -0.3 is 11.1 Å². The fourth-order valence-corrected chi connectivity index (χ4v) is 3.18. The molecule has 2 aromatic carbocycles. The number of anilines is 1. The summed E-state index contributed by atoms with van der Waals surface area (Å²) in [7, 11) is 0. The molecule has 2 atom stereocenters. The highest BCUT2D eigenvalue weighted by atomic mass is 35.5. The van der Waals surface area contributed by atoms with Crippen molar-refractivity contribution in [1.29, 1.82) is 0 Å². The number of carbonyl (C=O) groups excluding carboxylic acids is 2. The molecule has 0 radical (unpaired) electrons. The highest BCUT2D eigenvalue weighted by Crippen LogP contribution is 2.50. The molecule has 3 rings (SSSR count). The number of hydrogen-bond donors (Lipinski definition) is 2. The van der Waals surface area contributed by atoms with Crippen LogP contribution in [0.5, 0.6) is 0 Å². The minimum atomic E-state index is -0.603. The molecule has 1 saturated carbocycles. The molecule has 118 valence electrons. The summed E-state index contributed by atoms with van der Waals surface area (Å²) >= 11 is 12.1. The van der Waals surface area contributed by atoms with Gasteiger partial charge in [-0.1, -0.05) is 41.4 Å². The van der Waals surface area contributed by atoms with E-state index in [0.29, 0.717) is 10.7 Å². The van der Waals surface area contributed by atoms with E-state index in [1.807, 2.05) is 24.3 Å². The summed E-state index contributed by atoms with van der Waals surface area (Å²) in [5, 5.41) is 3.71. The topological polar surface area (TPSA) is 72.2 Å². The maximum absolute atomic E-state index is 12.3. The van der Waals surface area contributed by atoms with Gasteiger partial charge in [-0.25, -0.2) is 0 Å². The van der Waals surface area contributed by atoms with Gasteiger partial charge in [0.2, 0.25) is 11.8 Å². The van der Waals surface area contributed by atoms with Crippen molar-refractivity contribution in [3.05, 3.63) is 63.6 Å². The number of amides is 2. The third-order valence-electron chi connectivity index (χ3n) is 3.93. The Hall–Kier alpha value is -2.04. The van der Waals surface area contributed by atoms with Crippen LogP contribution in [0.25, 0.3) is 0 Å². The molecule has 1 fully saturated rings. The second kappa shape index (κ2) is 6.22. The fourth-order valence-electron chi connectivity index (χ4n) is 2.63. The van der Waals surface area contributed by atoms with Gasteiger partial charge in [-0.2, -0.15) is 0 Å². The molecule has 0 unspecified atom stereocenters. The molecule has 0 saturated heterocycles. The van der Waals surface area contributed by atoms with E-state index in [1.165, 1.54) is 12.1 Å². The van der Waals surface area contributed by atoms with Gasteiger partial charge in [0.25, 0.3) is 0 Å². The lowest BCUT2D eigenvalue weighted by Crippen LogP contribution is -2.15. The predicted octanol–water partition coefficient (Wildman–Crippen LogP) is 3.83. The molecule has 2 amide bonds. The highest BCUT2D eigenvalue weighted by Gasteiger charge is 2.44. The molecule has 0 heterocycles. The SMILES string of the molecule is NC(=O)c1ccc(NC(=O)[C@@H]2C[C@H]2c2ccccc2Cl)cc1Cl. The molecule has 0 bridgehead atoms. The average Bonchev–Trinajstić information content (AvgIpc) is 3.28. The van der Waals surface area contributed by atoms with Crippen LogP contribution in [0.15, 0.2) is 42.5 Å².